The summed E-state index contributed by atoms with van der Waals surface area (Å²) in [5.41, 5.74) is 2.14. The van der Waals surface area contributed by atoms with E-state index in [1.807, 2.05) is 24.3 Å². The Morgan fingerprint density at radius 3 is 2.62 bits per heavy atom. The molecule has 0 unspecified atom stereocenters. The molecule has 1 aliphatic rings. The van der Waals surface area contributed by atoms with Gasteiger partial charge in [-0.3, -0.25) is 4.79 Å². The molecule has 1 aliphatic heterocycles. The van der Waals surface area contributed by atoms with Gasteiger partial charge in [0, 0.05) is 43.0 Å². The highest BCUT2D eigenvalue weighted by atomic mass is 32.2. The molecular formula is C26H30N4O3S. The lowest BCUT2D eigenvalue weighted by Gasteiger charge is -2.33. The van der Waals surface area contributed by atoms with Crippen LogP contribution in [-0.2, 0) is 11.3 Å². The lowest BCUT2D eigenvalue weighted by atomic mass is 9.97. The molecule has 1 saturated heterocycles. The fourth-order valence-corrected chi connectivity index (χ4v) is 5.08. The van der Waals surface area contributed by atoms with E-state index in [-0.39, 0.29) is 11.8 Å². The molecule has 178 valence electrons. The largest absolute Gasteiger partial charge is 0.497 e. The number of rotatable bonds is 8. The summed E-state index contributed by atoms with van der Waals surface area (Å²) in [4.78, 5) is 25.6. The number of hydrogen-bond donors (Lipinski definition) is 1. The highest BCUT2D eigenvalue weighted by Crippen LogP contribution is 2.34. The van der Waals surface area contributed by atoms with Gasteiger partial charge in [-0.15, -0.1) is 0 Å². The number of hydrogen-bond acceptors (Lipinski definition) is 7. The maximum Gasteiger partial charge on any atom is 0.225 e. The number of methoxy groups -OCH3 is 2. The Bertz CT molecular complexity index is 1120. The van der Waals surface area contributed by atoms with Crippen molar-refractivity contribution in [1.82, 2.24) is 15.3 Å². The number of benzene rings is 2. The lowest BCUT2D eigenvalue weighted by Crippen LogP contribution is -2.43. The van der Waals surface area contributed by atoms with Crippen molar-refractivity contribution in [1.29, 1.82) is 0 Å². The van der Waals surface area contributed by atoms with Gasteiger partial charge in [0.05, 0.1) is 20.1 Å². The van der Waals surface area contributed by atoms with Crippen LogP contribution in [0.4, 0.5) is 5.82 Å². The summed E-state index contributed by atoms with van der Waals surface area (Å²) >= 11 is 1.61. The molecule has 8 heteroatoms. The standard InChI is InChI=1S/C26H30N4O3S/c1-18-6-4-8-23(12-18)34-26-24(27-9-10-28-26)30-11-5-7-20(17-30)25(31)29-16-19-13-21(32-2)15-22(14-19)33-3/h4,6,8-10,12-15,20H,5,7,11,16-17H2,1-3H3,(H,29,31)/t20-/m0/s1. The van der Waals surface area contributed by atoms with E-state index in [4.69, 9.17) is 9.47 Å². The molecule has 0 saturated carbocycles. The molecule has 2 heterocycles. The minimum atomic E-state index is -0.111. The summed E-state index contributed by atoms with van der Waals surface area (Å²) in [6.45, 7) is 3.98. The third-order valence-electron chi connectivity index (χ3n) is 5.82. The molecule has 1 N–H and O–H groups in total. The number of carbonyl (C=O) groups is 1. The molecule has 2 aromatic carbocycles. The Labute approximate surface area is 204 Å². The van der Waals surface area contributed by atoms with Gasteiger partial charge in [0.1, 0.15) is 16.5 Å². The minimum absolute atomic E-state index is 0.0447. The molecule has 34 heavy (non-hydrogen) atoms. The number of anilines is 1. The Hall–Kier alpha value is -3.26. The number of carbonyl (C=O) groups excluding carboxylic acids is 1. The van der Waals surface area contributed by atoms with E-state index in [1.54, 1.807) is 38.4 Å². The van der Waals surface area contributed by atoms with E-state index >= 15 is 0 Å². The van der Waals surface area contributed by atoms with Gasteiger partial charge >= 0.3 is 0 Å². The predicted octanol–water partition coefficient (Wildman–Crippen LogP) is 4.49. The van der Waals surface area contributed by atoms with Crippen LogP contribution in [0.1, 0.15) is 24.0 Å². The molecule has 1 fully saturated rings. The van der Waals surface area contributed by atoms with Crippen LogP contribution in [0.3, 0.4) is 0 Å². The summed E-state index contributed by atoms with van der Waals surface area (Å²) in [5, 5.41) is 3.94. The first kappa shape index (κ1) is 23.9. The SMILES string of the molecule is COc1cc(CNC(=O)[C@H]2CCCN(c3nccnc3Sc3cccc(C)c3)C2)cc(OC)c1. The summed E-state index contributed by atoms with van der Waals surface area (Å²) in [7, 11) is 3.23. The van der Waals surface area contributed by atoms with Crippen LogP contribution >= 0.6 is 11.8 Å². The Kier molecular flexibility index (Phi) is 7.90. The van der Waals surface area contributed by atoms with Gasteiger partial charge in [0.2, 0.25) is 5.91 Å². The van der Waals surface area contributed by atoms with Gasteiger partial charge in [-0.1, -0.05) is 29.5 Å². The van der Waals surface area contributed by atoms with Crippen LogP contribution in [0.5, 0.6) is 11.5 Å². The third-order valence-corrected chi connectivity index (χ3v) is 6.79. The number of nitrogens with zero attached hydrogens (tertiary/aromatic N) is 3. The number of piperidine rings is 1. The predicted molar refractivity (Wildman–Crippen MR) is 134 cm³/mol. The van der Waals surface area contributed by atoms with Crippen molar-refractivity contribution < 1.29 is 14.3 Å². The number of aromatic nitrogens is 2. The first-order valence-corrected chi connectivity index (χ1v) is 12.2. The molecular weight excluding hydrogens is 448 g/mol. The molecule has 0 spiro atoms. The van der Waals surface area contributed by atoms with Gasteiger partial charge in [-0.05, 0) is 49.6 Å². The zero-order chi connectivity index (χ0) is 23.9. The van der Waals surface area contributed by atoms with E-state index in [1.165, 1.54) is 5.56 Å². The van der Waals surface area contributed by atoms with E-state index in [2.05, 4.69) is 45.3 Å². The van der Waals surface area contributed by atoms with E-state index in [0.717, 1.165) is 40.7 Å². The molecule has 4 rings (SSSR count). The second kappa shape index (κ2) is 11.2. The summed E-state index contributed by atoms with van der Waals surface area (Å²) < 4.78 is 10.7. The van der Waals surface area contributed by atoms with Gasteiger partial charge < -0.3 is 19.7 Å². The smallest absolute Gasteiger partial charge is 0.225 e. The van der Waals surface area contributed by atoms with E-state index < -0.39 is 0 Å². The maximum absolute atomic E-state index is 13.0. The van der Waals surface area contributed by atoms with Gasteiger partial charge in [-0.25, -0.2) is 9.97 Å². The first-order valence-electron chi connectivity index (χ1n) is 11.4. The highest BCUT2D eigenvalue weighted by molar-refractivity contribution is 7.99. The molecule has 1 aromatic heterocycles. The maximum atomic E-state index is 13.0. The van der Waals surface area contributed by atoms with Gasteiger partial charge in [0.25, 0.3) is 0 Å². The van der Waals surface area contributed by atoms with Crippen molar-refractivity contribution in [2.75, 3.05) is 32.2 Å². The van der Waals surface area contributed by atoms with Crippen molar-refractivity contribution in [3.8, 4) is 11.5 Å². The Morgan fingerprint density at radius 1 is 1.12 bits per heavy atom. The van der Waals surface area contributed by atoms with Crippen LogP contribution in [0.25, 0.3) is 0 Å². The van der Waals surface area contributed by atoms with E-state index in [9.17, 15) is 4.79 Å². The zero-order valence-electron chi connectivity index (χ0n) is 19.8. The van der Waals surface area contributed by atoms with Gasteiger partial charge in [-0.2, -0.15) is 0 Å². The third kappa shape index (κ3) is 5.99. The fourth-order valence-electron chi connectivity index (χ4n) is 4.08. The second-order valence-electron chi connectivity index (χ2n) is 8.33. The number of nitrogens with one attached hydrogen (secondary N) is 1. The fraction of sp³-hybridized carbons (Fsp3) is 0.346. The van der Waals surface area contributed by atoms with E-state index in [0.29, 0.717) is 24.6 Å². The summed E-state index contributed by atoms with van der Waals surface area (Å²) in [5.74, 6) is 2.18. The molecule has 3 aromatic rings. The van der Waals surface area contributed by atoms with Crippen LogP contribution < -0.4 is 19.7 Å². The summed E-state index contributed by atoms with van der Waals surface area (Å²) in [6.07, 6.45) is 5.22. The van der Waals surface area contributed by atoms with Gasteiger partial charge in [0.15, 0.2) is 5.82 Å². The number of aryl methyl sites for hydroxylation is 1. The lowest BCUT2D eigenvalue weighted by molar-refractivity contribution is -0.125. The molecule has 7 nitrogen and oxygen atoms in total. The Balaban J connectivity index is 1.42. The van der Waals surface area contributed by atoms with Crippen LogP contribution in [0.2, 0.25) is 0 Å². The molecule has 0 aliphatic carbocycles. The topological polar surface area (TPSA) is 76.6 Å². The average molecular weight is 479 g/mol. The summed E-state index contributed by atoms with van der Waals surface area (Å²) in [6, 6.07) is 14.0. The van der Waals surface area contributed by atoms with Crippen LogP contribution in [0, 0.1) is 12.8 Å². The quantitative estimate of drug-likeness (QED) is 0.511. The van der Waals surface area contributed by atoms with Crippen molar-refractivity contribution in [2.45, 2.75) is 36.2 Å². The van der Waals surface area contributed by atoms with Crippen molar-refractivity contribution in [3.05, 3.63) is 66.0 Å². The molecule has 1 atom stereocenters. The first-order chi connectivity index (χ1) is 16.6. The van der Waals surface area contributed by atoms with Crippen LogP contribution in [-0.4, -0.2) is 43.2 Å². The average Bonchev–Trinajstić information content (AvgIpc) is 2.87. The zero-order valence-corrected chi connectivity index (χ0v) is 20.6. The normalized spacial score (nSPS) is 15.6. The molecule has 1 amide bonds. The van der Waals surface area contributed by atoms with Crippen LogP contribution in [0.15, 0.2) is 64.8 Å². The highest BCUT2D eigenvalue weighted by Gasteiger charge is 2.28. The monoisotopic (exact) mass is 478 g/mol. The Morgan fingerprint density at radius 2 is 1.88 bits per heavy atom. The minimum Gasteiger partial charge on any atom is -0.497 e. The molecule has 0 bridgehead atoms. The van der Waals surface area contributed by atoms with Crippen molar-refractivity contribution in [2.24, 2.45) is 5.92 Å². The molecule has 0 radical (unpaired) electrons. The van der Waals surface area contributed by atoms with Crippen molar-refractivity contribution in [3.63, 3.8) is 0 Å². The number of ether oxygens (including phenoxy) is 2. The second-order valence-corrected chi connectivity index (χ2v) is 9.39. The van der Waals surface area contributed by atoms with Crippen molar-refractivity contribution >= 4 is 23.5 Å². The number of amides is 1.